The van der Waals surface area contributed by atoms with Crippen LogP contribution in [0, 0.1) is 23.7 Å². The maximum absolute atomic E-state index is 12.8. The molecule has 1 fully saturated rings. The number of carbonyl (C=O) groups excluding carboxylic acids is 1. The molecule has 0 aliphatic heterocycles. The van der Waals surface area contributed by atoms with Gasteiger partial charge >= 0.3 is 5.97 Å². The quantitative estimate of drug-likeness (QED) is 0.815. The van der Waals surface area contributed by atoms with Crippen LogP contribution in [0.15, 0.2) is 36.4 Å². The number of hydrogen-bond donors (Lipinski definition) is 2. The van der Waals surface area contributed by atoms with Gasteiger partial charge in [-0.15, -0.1) is 0 Å². The Kier molecular flexibility index (Phi) is 4.24. The predicted octanol–water partition coefficient (Wildman–Crippen LogP) is 3.66. The minimum absolute atomic E-state index is 0.00180. The van der Waals surface area contributed by atoms with E-state index in [9.17, 15) is 14.7 Å². The van der Waals surface area contributed by atoms with E-state index in [-0.39, 0.29) is 17.7 Å². The largest absolute Gasteiger partial charge is 0.481 e. The van der Waals surface area contributed by atoms with Gasteiger partial charge in [0.05, 0.1) is 11.8 Å². The number of anilines is 1. The SMILES string of the molecule is CC[C@@H](C)c1ccccc1NC(=O)[C@H]1[C@@H](C(=O)O)[C@H]2C=C[C@H]1C2. The lowest BCUT2D eigenvalue weighted by molar-refractivity contribution is -0.146. The third-order valence-corrected chi connectivity index (χ3v) is 5.41. The summed E-state index contributed by atoms with van der Waals surface area (Å²) in [6.07, 6.45) is 5.73. The van der Waals surface area contributed by atoms with Crippen molar-refractivity contribution in [2.24, 2.45) is 23.7 Å². The lowest BCUT2D eigenvalue weighted by Crippen LogP contribution is -2.36. The summed E-state index contributed by atoms with van der Waals surface area (Å²) in [7, 11) is 0. The van der Waals surface area contributed by atoms with Crippen LogP contribution in [-0.2, 0) is 9.59 Å². The first-order chi connectivity index (χ1) is 11.0. The summed E-state index contributed by atoms with van der Waals surface area (Å²) < 4.78 is 0. The molecule has 1 aromatic rings. The molecule has 0 spiro atoms. The molecule has 0 radical (unpaired) electrons. The minimum Gasteiger partial charge on any atom is -0.481 e. The zero-order valence-corrected chi connectivity index (χ0v) is 13.5. The van der Waals surface area contributed by atoms with Gasteiger partial charge < -0.3 is 10.4 Å². The van der Waals surface area contributed by atoms with Crippen molar-refractivity contribution >= 4 is 17.6 Å². The molecule has 0 aromatic heterocycles. The number of carbonyl (C=O) groups is 2. The molecule has 2 aliphatic rings. The molecule has 1 aromatic carbocycles. The number of hydrogen-bond acceptors (Lipinski definition) is 2. The van der Waals surface area contributed by atoms with Crippen molar-refractivity contribution in [3.63, 3.8) is 0 Å². The fourth-order valence-electron chi connectivity index (χ4n) is 3.99. The molecule has 0 heterocycles. The van der Waals surface area contributed by atoms with Gasteiger partial charge in [-0.1, -0.05) is 44.2 Å². The Labute approximate surface area is 136 Å². The van der Waals surface area contributed by atoms with Gasteiger partial charge in [0, 0.05) is 5.69 Å². The first-order valence-corrected chi connectivity index (χ1v) is 8.33. The van der Waals surface area contributed by atoms with Gasteiger partial charge in [0.15, 0.2) is 0 Å². The van der Waals surface area contributed by atoms with Gasteiger partial charge in [-0.25, -0.2) is 0 Å². The van der Waals surface area contributed by atoms with Gasteiger partial charge in [-0.05, 0) is 42.2 Å². The maximum Gasteiger partial charge on any atom is 0.307 e. The van der Waals surface area contributed by atoms with Gasteiger partial charge in [0.1, 0.15) is 0 Å². The number of aliphatic carboxylic acids is 1. The Morgan fingerprint density at radius 2 is 1.87 bits per heavy atom. The molecular formula is C19H23NO3. The molecule has 3 rings (SSSR count). The second-order valence-corrected chi connectivity index (χ2v) is 6.72. The van der Waals surface area contributed by atoms with E-state index in [0.717, 1.165) is 24.1 Å². The van der Waals surface area contributed by atoms with E-state index in [4.69, 9.17) is 0 Å². The van der Waals surface area contributed by atoms with Crippen molar-refractivity contribution in [3.8, 4) is 0 Å². The molecule has 0 saturated heterocycles. The first-order valence-electron chi connectivity index (χ1n) is 8.33. The second kappa shape index (κ2) is 6.19. The molecule has 1 amide bonds. The van der Waals surface area contributed by atoms with Gasteiger partial charge in [-0.2, -0.15) is 0 Å². The van der Waals surface area contributed by atoms with Gasteiger partial charge in [0.25, 0.3) is 0 Å². The van der Waals surface area contributed by atoms with Crippen LogP contribution in [0.2, 0.25) is 0 Å². The number of benzene rings is 1. The normalized spacial score (nSPS) is 29.5. The number of allylic oxidation sites excluding steroid dienone is 2. The van der Waals surface area contributed by atoms with Crippen molar-refractivity contribution in [2.45, 2.75) is 32.6 Å². The van der Waals surface area contributed by atoms with Crippen molar-refractivity contribution in [3.05, 3.63) is 42.0 Å². The Balaban J connectivity index is 1.83. The van der Waals surface area contributed by atoms with E-state index in [1.54, 1.807) is 0 Å². The highest BCUT2D eigenvalue weighted by molar-refractivity contribution is 5.97. The maximum atomic E-state index is 12.8. The number of carboxylic acids is 1. The van der Waals surface area contributed by atoms with Crippen LogP contribution >= 0.6 is 0 Å². The van der Waals surface area contributed by atoms with Crippen LogP contribution in [0.4, 0.5) is 5.69 Å². The molecule has 23 heavy (non-hydrogen) atoms. The Bertz CT molecular complexity index is 652. The average Bonchev–Trinajstić information content (AvgIpc) is 3.15. The van der Waals surface area contributed by atoms with Crippen LogP contribution in [0.5, 0.6) is 0 Å². The summed E-state index contributed by atoms with van der Waals surface area (Å²) >= 11 is 0. The molecule has 4 nitrogen and oxygen atoms in total. The van der Waals surface area contributed by atoms with Gasteiger partial charge in [-0.3, -0.25) is 9.59 Å². The molecule has 2 N–H and O–H groups in total. The van der Waals surface area contributed by atoms with E-state index in [2.05, 4.69) is 19.2 Å². The highest BCUT2D eigenvalue weighted by Crippen LogP contribution is 2.48. The monoisotopic (exact) mass is 313 g/mol. The van der Waals surface area contributed by atoms with E-state index in [1.165, 1.54) is 0 Å². The highest BCUT2D eigenvalue weighted by Gasteiger charge is 2.51. The predicted molar refractivity (Wildman–Crippen MR) is 89.1 cm³/mol. The second-order valence-electron chi connectivity index (χ2n) is 6.72. The van der Waals surface area contributed by atoms with E-state index < -0.39 is 17.8 Å². The number of rotatable bonds is 5. The third-order valence-electron chi connectivity index (χ3n) is 5.41. The lowest BCUT2D eigenvalue weighted by Gasteiger charge is -2.25. The summed E-state index contributed by atoms with van der Waals surface area (Å²) in [5.41, 5.74) is 1.91. The molecule has 2 aliphatic carbocycles. The minimum atomic E-state index is -0.864. The summed E-state index contributed by atoms with van der Waals surface area (Å²) in [4.78, 5) is 24.3. The smallest absolute Gasteiger partial charge is 0.307 e. The zero-order chi connectivity index (χ0) is 16.6. The van der Waals surface area contributed by atoms with Crippen LogP contribution in [0.25, 0.3) is 0 Å². The Morgan fingerprint density at radius 1 is 1.22 bits per heavy atom. The van der Waals surface area contributed by atoms with E-state index >= 15 is 0 Å². The summed E-state index contributed by atoms with van der Waals surface area (Å²) in [6.45, 7) is 4.25. The number of nitrogens with one attached hydrogen (secondary N) is 1. The van der Waals surface area contributed by atoms with E-state index in [1.807, 2.05) is 36.4 Å². The zero-order valence-electron chi connectivity index (χ0n) is 13.5. The summed E-state index contributed by atoms with van der Waals surface area (Å²) in [5, 5.41) is 12.5. The average molecular weight is 313 g/mol. The molecular weight excluding hydrogens is 290 g/mol. The van der Waals surface area contributed by atoms with Crippen molar-refractivity contribution in [1.82, 2.24) is 0 Å². The van der Waals surface area contributed by atoms with Crippen LogP contribution in [-0.4, -0.2) is 17.0 Å². The topological polar surface area (TPSA) is 66.4 Å². The molecule has 1 saturated carbocycles. The molecule has 122 valence electrons. The highest BCUT2D eigenvalue weighted by atomic mass is 16.4. The van der Waals surface area contributed by atoms with E-state index in [0.29, 0.717) is 5.92 Å². The van der Waals surface area contributed by atoms with Crippen molar-refractivity contribution in [1.29, 1.82) is 0 Å². The molecule has 4 heteroatoms. The summed E-state index contributed by atoms with van der Waals surface area (Å²) in [5.74, 6) is -1.69. The van der Waals surface area contributed by atoms with Gasteiger partial charge in [0.2, 0.25) is 5.91 Å². The standard InChI is InChI=1S/C19H23NO3/c1-3-11(2)14-6-4-5-7-15(14)20-18(21)16-12-8-9-13(10-12)17(16)19(22)23/h4-9,11-13,16-17H,3,10H2,1-2H3,(H,20,21)(H,22,23)/t11-,12+,13+,16-,17+/m1/s1. The fourth-order valence-corrected chi connectivity index (χ4v) is 3.99. The molecule has 5 atom stereocenters. The number of fused-ring (bicyclic) bond motifs is 2. The Hall–Kier alpha value is -2.10. The Morgan fingerprint density at radius 3 is 2.52 bits per heavy atom. The molecule has 2 bridgehead atoms. The molecule has 0 unspecified atom stereocenters. The van der Waals surface area contributed by atoms with Crippen LogP contribution in [0.1, 0.15) is 38.2 Å². The van der Waals surface area contributed by atoms with Crippen molar-refractivity contribution < 1.29 is 14.7 Å². The fraction of sp³-hybridized carbons (Fsp3) is 0.474. The first kappa shape index (κ1) is 15.8. The lowest BCUT2D eigenvalue weighted by atomic mass is 9.82. The number of carboxylic acid groups (broad SMARTS) is 1. The van der Waals surface area contributed by atoms with Crippen LogP contribution in [0.3, 0.4) is 0 Å². The number of amides is 1. The number of para-hydroxylation sites is 1. The van der Waals surface area contributed by atoms with Crippen molar-refractivity contribution in [2.75, 3.05) is 5.32 Å². The third kappa shape index (κ3) is 2.78. The van der Waals surface area contributed by atoms with Crippen LogP contribution < -0.4 is 5.32 Å². The summed E-state index contributed by atoms with van der Waals surface area (Å²) in [6, 6.07) is 7.80.